The van der Waals surface area contributed by atoms with Crippen molar-refractivity contribution in [3.05, 3.63) is 12.2 Å². The molecule has 1 aliphatic rings. The molecule has 1 aliphatic heterocycles. The lowest BCUT2D eigenvalue weighted by Crippen LogP contribution is -2.54. The van der Waals surface area contributed by atoms with E-state index in [1.54, 1.807) is 6.92 Å². The van der Waals surface area contributed by atoms with E-state index in [1.165, 1.54) is 6.92 Å². The van der Waals surface area contributed by atoms with Gasteiger partial charge in [0.15, 0.2) is 11.2 Å². The highest BCUT2D eigenvalue weighted by atomic mass is 16.5. The Bertz CT molecular complexity index is 358. The molecule has 3 atom stereocenters. The first-order valence-electron chi connectivity index (χ1n) is 5.83. The SMILES string of the molecule is C=C1C(=O)[C@](C)(C(=O)O)[C@H](CC(C)C)O[C@@H]1C. The number of carbonyl (C=O) groups is 2. The molecule has 4 nitrogen and oxygen atoms in total. The van der Waals surface area contributed by atoms with Crippen LogP contribution in [0.4, 0.5) is 0 Å². The standard InChI is InChI=1S/C13H20O4/c1-7(2)6-10-13(5,12(15)16)11(14)8(3)9(4)17-10/h7,9-10H,3,6H2,1-2,4-5H3,(H,15,16)/t9-,10+,13-/m1/s1. The summed E-state index contributed by atoms with van der Waals surface area (Å²) in [4.78, 5) is 23.5. The van der Waals surface area contributed by atoms with Crippen LogP contribution in [0.25, 0.3) is 0 Å². The molecule has 0 radical (unpaired) electrons. The summed E-state index contributed by atoms with van der Waals surface area (Å²) in [5.74, 6) is -1.28. The van der Waals surface area contributed by atoms with Crippen molar-refractivity contribution in [2.75, 3.05) is 0 Å². The molecule has 0 aromatic rings. The molecule has 17 heavy (non-hydrogen) atoms. The molecule has 0 saturated carbocycles. The van der Waals surface area contributed by atoms with Gasteiger partial charge in [-0.15, -0.1) is 0 Å². The first-order chi connectivity index (χ1) is 7.71. The van der Waals surface area contributed by atoms with Crippen LogP contribution in [0.15, 0.2) is 12.2 Å². The Kier molecular flexibility index (Phi) is 3.77. The van der Waals surface area contributed by atoms with Gasteiger partial charge in [-0.3, -0.25) is 9.59 Å². The Hall–Kier alpha value is -1.16. The highest BCUT2D eigenvalue weighted by Crippen LogP contribution is 2.38. The van der Waals surface area contributed by atoms with Crippen LogP contribution in [0.1, 0.15) is 34.1 Å². The maximum Gasteiger partial charge on any atom is 0.319 e. The van der Waals surface area contributed by atoms with Gasteiger partial charge in [0.05, 0.1) is 12.2 Å². The smallest absolute Gasteiger partial charge is 0.319 e. The van der Waals surface area contributed by atoms with Crippen molar-refractivity contribution in [3.63, 3.8) is 0 Å². The molecule has 4 heteroatoms. The highest BCUT2D eigenvalue weighted by molar-refractivity contribution is 6.12. The quantitative estimate of drug-likeness (QED) is 0.605. The molecule has 1 heterocycles. The minimum absolute atomic E-state index is 0.245. The molecule has 1 rings (SSSR count). The lowest BCUT2D eigenvalue weighted by atomic mass is 9.72. The first-order valence-corrected chi connectivity index (χ1v) is 5.83. The third-order valence-electron chi connectivity index (χ3n) is 3.40. The molecule has 0 aromatic carbocycles. The van der Waals surface area contributed by atoms with E-state index in [1.807, 2.05) is 13.8 Å². The largest absolute Gasteiger partial charge is 0.480 e. The van der Waals surface area contributed by atoms with E-state index < -0.39 is 29.4 Å². The number of rotatable bonds is 3. The lowest BCUT2D eigenvalue weighted by molar-refractivity contribution is -0.173. The van der Waals surface area contributed by atoms with E-state index in [0.29, 0.717) is 6.42 Å². The minimum Gasteiger partial charge on any atom is -0.480 e. The maximum atomic E-state index is 12.1. The Morgan fingerprint density at radius 3 is 2.53 bits per heavy atom. The number of carboxylic acids is 1. The number of hydrogen-bond donors (Lipinski definition) is 1. The molecular formula is C13H20O4. The molecule has 0 amide bonds. The van der Waals surface area contributed by atoms with E-state index in [9.17, 15) is 14.7 Å². The summed E-state index contributed by atoms with van der Waals surface area (Å²) in [6.07, 6.45) is -0.446. The fourth-order valence-electron chi connectivity index (χ4n) is 2.08. The number of ketones is 1. The summed E-state index contributed by atoms with van der Waals surface area (Å²) < 4.78 is 5.66. The molecular weight excluding hydrogens is 220 g/mol. The fraction of sp³-hybridized carbons (Fsp3) is 0.692. The van der Waals surface area contributed by atoms with Gasteiger partial charge in [0.1, 0.15) is 0 Å². The van der Waals surface area contributed by atoms with Crippen molar-refractivity contribution in [2.45, 2.75) is 46.3 Å². The van der Waals surface area contributed by atoms with Crippen LogP contribution in [0.2, 0.25) is 0 Å². The van der Waals surface area contributed by atoms with Gasteiger partial charge in [0.2, 0.25) is 0 Å². The second-order valence-corrected chi connectivity index (χ2v) is 5.26. The third-order valence-corrected chi connectivity index (χ3v) is 3.40. The number of ether oxygens (including phenoxy) is 1. The van der Waals surface area contributed by atoms with Crippen molar-refractivity contribution in [1.29, 1.82) is 0 Å². The molecule has 96 valence electrons. The summed E-state index contributed by atoms with van der Waals surface area (Å²) in [6, 6.07) is 0. The molecule has 1 saturated heterocycles. The van der Waals surface area contributed by atoms with Crippen molar-refractivity contribution in [1.82, 2.24) is 0 Å². The molecule has 0 unspecified atom stereocenters. The van der Waals surface area contributed by atoms with E-state index in [2.05, 4.69) is 6.58 Å². The minimum atomic E-state index is -1.51. The van der Waals surface area contributed by atoms with Gasteiger partial charge in [-0.2, -0.15) is 0 Å². The van der Waals surface area contributed by atoms with Crippen LogP contribution in [0, 0.1) is 11.3 Å². The highest BCUT2D eigenvalue weighted by Gasteiger charge is 2.54. The van der Waals surface area contributed by atoms with Gasteiger partial charge >= 0.3 is 5.97 Å². The summed E-state index contributed by atoms with van der Waals surface area (Å²) in [7, 11) is 0. The fourth-order valence-corrected chi connectivity index (χ4v) is 2.08. The Balaban J connectivity index is 3.12. The zero-order chi connectivity index (χ0) is 13.4. The summed E-state index contributed by atoms with van der Waals surface area (Å²) >= 11 is 0. The topological polar surface area (TPSA) is 63.6 Å². The van der Waals surface area contributed by atoms with Crippen molar-refractivity contribution in [2.24, 2.45) is 11.3 Å². The van der Waals surface area contributed by atoms with E-state index in [-0.39, 0.29) is 11.5 Å². The average Bonchev–Trinajstić information content (AvgIpc) is 2.22. The number of carboxylic acid groups (broad SMARTS) is 1. The summed E-state index contributed by atoms with van der Waals surface area (Å²) in [6.45, 7) is 10.7. The van der Waals surface area contributed by atoms with Gasteiger partial charge in [-0.05, 0) is 26.2 Å². The van der Waals surface area contributed by atoms with Gasteiger partial charge < -0.3 is 9.84 Å². The first kappa shape index (κ1) is 13.9. The molecule has 1 fully saturated rings. The number of Topliss-reactive ketones (excluding diaryl/α,β-unsaturated/α-hetero) is 1. The van der Waals surface area contributed by atoms with Crippen LogP contribution in [0.3, 0.4) is 0 Å². The number of aliphatic carboxylic acids is 1. The van der Waals surface area contributed by atoms with Gasteiger partial charge in [-0.25, -0.2) is 0 Å². The van der Waals surface area contributed by atoms with Crippen molar-refractivity contribution < 1.29 is 19.4 Å². The Morgan fingerprint density at radius 1 is 1.59 bits per heavy atom. The predicted octanol–water partition coefficient (Wildman–Crippen LogP) is 2.04. The molecule has 1 N–H and O–H groups in total. The molecule has 0 bridgehead atoms. The monoisotopic (exact) mass is 240 g/mol. The van der Waals surface area contributed by atoms with Gasteiger partial charge in [0.25, 0.3) is 0 Å². The summed E-state index contributed by atoms with van der Waals surface area (Å²) in [5.41, 5.74) is -1.26. The molecule has 0 aromatic heterocycles. The second-order valence-electron chi connectivity index (χ2n) is 5.26. The Labute approximate surface area is 102 Å². The summed E-state index contributed by atoms with van der Waals surface area (Å²) in [5, 5.41) is 9.31. The zero-order valence-corrected chi connectivity index (χ0v) is 10.8. The lowest BCUT2D eigenvalue weighted by Gasteiger charge is -2.41. The van der Waals surface area contributed by atoms with E-state index >= 15 is 0 Å². The average molecular weight is 240 g/mol. The normalized spacial score (nSPS) is 34.2. The number of hydrogen-bond acceptors (Lipinski definition) is 3. The van der Waals surface area contributed by atoms with Gasteiger partial charge in [-0.1, -0.05) is 20.4 Å². The molecule has 0 aliphatic carbocycles. The predicted molar refractivity (Wildman–Crippen MR) is 63.7 cm³/mol. The van der Waals surface area contributed by atoms with Gasteiger partial charge in [0, 0.05) is 5.57 Å². The van der Waals surface area contributed by atoms with E-state index in [0.717, 1.165) is 0 Å². The molecule has 0 spiro atoms. The van der Waals surface area contributed by atoms with Crippen LogP contribution in [0.5, 0.6) is 0 Å². The van der Waals surface area contributed by atoms with Crippen LogP contribution >= 0.6 is 0 Å². The van der Waals surface area contributed by atoms with Crippen molar-refractivity contribution >= 4 is 11.8 Å². The third kappa shape index (κ3) is 2.27. The van der Waals surface area contributed by atoms with Crippen LogP contribution in [-0.4, -0.2) is 29.1 Å². The van der Waals surface area contributed by atoms with Crippen LogP contribution < -0.4 is 0 Å². The second kappa shape index (κ2) is 4.61. The maximum absolute atomic E-state index is 12.1. The van der Waals surface area contributed by atoms with Crippen molar-refractivity contribution in [3.8, 4) is 0 Å². The Morgan fingerprint density at radius 2 is 2.12 bits per heavy atom. The number of carbonyl (C=O) groups excluding carboxylic acids is 1. The van der Waals surface area contributed by atoms with E-state index in [4.69, 9.17) is 4.74 Å². The van der Waals surface area contributed by atoms with Crippen LogP contribution in [-0.2, 0) is 14.3 Å². The zero-order valence-electron chi connectivity index (χ0n) is 10.8.